The van der Waals surface area contributed by atoms with Gasteiger partial charge in [0.15, 0.2) is 6.10 Å². The van der Waals surface area contributed by atoms with E-state index in [4.69, 9.17) is 14.2 Å². The van der Waals surface area contributed by atoms with Gasteiger partial charge < -0.3 is 14.2 Å². The van der Waals surface area contributed by atoms with Crippen molar-refractivity contribution in [2.24, 2.45) is 0 Å². The predicted octanol–water partition coefficient (Wildman–Crippen LogP) is 23.5. The van der Waals surface area contributed by atoms with E-state index in [0.717, 1.165) is 96.3 Å². The monoisotopic (exact) mass is 1090 g/mol. The molecule has 1 atom stereocenters. The lowest BCUT2D eigenvalue weighted by molar-refractivity contribution is -0.167. The quantitative estimate of drug-likeness (QED) is 0.0261. The molecule has 0 saturated carbocycles. The lowest BCUT2D eigenvalue weighted by Crippen LogP contribution is -2.30. The lowest BCUT2D eigenvalue weighted by Gasteiger charge is -2.18. The third kappa shape index (κ3) is 63.9. The molecule has 0 aliphatic carbocycles. The second-order valence-electron chi connectivity index (χ2n) is 23.1. The van der Waals surface area contributed by atoms with Crippen molar-refractivity contribution in [3.8, 4) is 0 Å². The summed E-state index contributed by atoms with van der Waals surface area (Å²) in [6.45, 7) is 6.63. The Kier molecular flexibility index (Phi) is 64.2. The minimum Gasteiger partial charge on any atom is -0.462 e. The third-order valence-corrected chi connectivity index (χ3v) is 15.2. The number of allylic oxidation sites excluding steroid dienone is 10. The molecule has 0 radical (unpaired) electrons. The Balaban J connectivity index is 4.23. The largest absolute Gasteiger partial charge is 0.462 e. The number of carbonyl (C=O) groups excluding carboxylic acids is 3. The second-order valence-corrected chi connectivity index (χ2v) is 23.1. The average Bonchev–Trinajstić information content (AvgIpc) is 3.44. The number of rotatable bonds is 63. The molecule has 1 unspecified atom stereocenters. The van der Waals surface area contributed by atoms with Crippen LogP contribution in [-0.2, 0) is 28.6 Å². The smallest absolute Gasteiger partial charge is 0.306 e. The molecule has 454 valence electrons. The van der Waals surface area contributed by atoms with Gasteiger partial charge >= 0.3 is 17.9 Å². The van der Waals surface area contributed by atoms with Crippen LogP contribution in [0, 0.1) is 0 Å². The van der Waals surface area contributed by atoms with Crippen molar-refractivity contribution in [3.63, 3.8) is 0 Å². The Morgan fingerprint density at radius 2 is 0.462 bits per heavy atom. The fourth-order valence-electron chi connectivity index (χ4n) is 10.0. The molecule has 0 aromatic carbocycles. The second kappa shape index (κ2) is 66.6. The van der Waals surface area contributed by atoms with Gasteiger partial charge in [-0.3, -0.25) is 14.4 Å². The first-order valence-corrected chi connectivity index (χ1v) is 34.3. The SMILES string of the molecule is CCCCC/C=C\C/C=C\CCCCCCCC(=O)OCC(COC(=O)CCCCCCCCCCCCCCCCCCC/C=C\C/C=C\CCCCCCC)OC(=O)CCCCCCC/C=C\CCCCCCCCC. The lowest BCUT2D eigenvalue weighted by atomic mass is 10.0. The van der Waals surface area contributed by atoms with Crippen molar-refractivity contribution < 1.29 is 28.6 Å². The molecule has 0 fully saturated rings. The highest BCUT2D eigenvalue weighted by Gasteiger charge is 2.19. The van der Waals surface area contributed by atoms with Gasteiger partial charge in [0.1, 0.15) is 13.2 Å². The summed E-state index contributed by atoms with van der Waals surface area (Å²) in [5, 5.41) is 0. The summed E-state index contributed by atoms with van der Waals surface area (Å²) in [4.78, 5) is 38.4. The van der Waals surface area contributed by atoms with Crippen LogP contribution < -0.4 is 0 Å². The molecule has 0 aromatic heterocycles. The van der Waals surface area contributed by atoms with Crippen molar-refractivity contribution in [3.05, 3.63) is 60.8 Å². The fourth-order valence-corrected chi connectivity index (χ4v) is 10.0. The zero-order valence-electron chi connectivity index (χ0n) is 52.2. The molecule has 0 N–H and O–H groups in total. The zero-order valence-corrected chi connectivity index (χ0v) is 52.2. The Morgan fingerprint density at radius 1 is 0.256 bits per heavy atom. The summed E-state index contributed by atoms with van der Waals surface area (Å²) < 4.78 is 16.9. The molecule has 0 aromatic rings. The number of hydrogen-bond acceptors (Lipinski definition) is 6. The molecule has 0 amide bonds. The van der Waals surface area contributed by atoms with Gasteiger partial charge in [-0.1, -0.05) is 293 Å². The fraction of sp³-hybridized carbons (Fsp3) is 0.819. The summed E-state index contributed by atoms with van der Waals surface area (Å²) in [6.07, 6.45) is 85.3. The van der Waals surface area contributed by atoms with Crippen LogP contribution in [0.4, 0.5) is 0 Å². The third-order valence-electron chi connectivity index (χ3n) is 15.2. The molecule has 0 rings (SSSR count). The van der Waals surface area contributed by atoms with Crippen LogP contribution in [0.15, 0.2) is 60.8 Å². The van der Waals surface area contributed by atoms with Crippen LogP contribution in [-0.4, -0.2) is 37.2 Å². The summed E-state index contributed by atoms with van der Waals surface area (Å²) in [5.74, 6) is -0.882. The first-order valence-electron chi connectivity index (χ1n) is 34.3. The Hall–Kier alpha value is -2.89. The molecule has 0 heterocycles. The van der Waals surface area contributed by atoms with Gasteiger partial charge in [-0.05, 0) is 109 Å². The summed E-state index contributed by atoms with van der Waals surface area (Å²) in [7, 11) is 0. The predicted molar refractivity (Wildman–Crippen MR) is 339 cm³/mol. The summed E-state index contributed by atoms with van der Waals surface area (Å²) in [5.41, 5.74) is 0. The summed E-state index contributed by atoms with van der Waals surface area (Å²) in [6, 6.07) is 0. The number of hydrogen-bond donors (Lipinski definition) is 0. The molecule has 0 spiro atoms. The minimum atomic E-state index is -0.784. The molecule has 78 heavy (non-hydrogen) atoms. The van der Waals surface area contributed by atoms with Crippen LogP contribution in [0.25, 0.3) is 0 Å². The van der Waals surface area contributed by atoms with Gasteiger partial charge in [0.05, 0.1) is 0 Å². The normalized spacial score (nSPS) is 12.4. The van der Waals surface area contributed by atoms with Crippen LogP contribution in [0.3, 0.4) is 0 Å². The average molecular weight is 1090 g/mol. The van der Waals surface area contributed by atoms with Crippen molar-refractivity contribution in [2.75, 3.05) is 13.2 Å². The first kappa shape index (κ1) is 75.1. The van der Waals surface area contributed by atoms with Gasteiger partial charge in [-0.2, -0.15) is 0 Å². The van der Waals surface area contributed by atoms with Gasteiger partial charge in [-0.25, -0.2) is 0 Å². The highest BCUT2D eigenvalue weighted by molar-refractivity contribution is 5.71. The molecule has 0 aliphatic rings. The maximum atomic E-state index is 12.9. The summed E-state index contributed by atoms with van der Waals surface area (Å²) >= 11 is 0. The van der Waals surface area contributed by atoms with Crippen molar-refractivity contribution in [1.82, 2.24) is 0 Å². The maximum absolute atomic E-state index is 12.9. The molecular formula is C72H130O6. The minimum absolute atomic E-state index is 0.0790. The Labute approximate surface area is 485 Å². The molecule has 0 saturated heterocycles. The van der Waals surface area contributed by atoms with Gasteiger partial charge in [-0.15, -0.1) is 0 Å². The highest BCUT2D eigenvalue weighted by atomic mass is 16.6. The maximum Gasteiger partial charge on any atom is 0.306 e. The van der Waals surface area contributed by atoms with E-state index in [-0.39, 0.29) is 31.1 Å². The van der Waals surface area contributed by atoms with E-state index in [1.807, 2.05) is 0 Å². The molecule has 0 aliphatic heterocycles. The van der Waals surface area contributed by atoms with E-state index >= 15 is 0 Å². The number of carbonyl (C=O) groups is 3. The van der Waals surface area contributed by atoms with E-state index in [1.54, 1.807) is 0 Å². The molecule has 6 nitrogen and oxygen atoms in total. The van der Waals surface area contributed by atoms with Gasteiger partial charge in [0, 0.05) is 19.3 Å². The van der Waals surface area contributed by atoms with E-state index in [2.05, 4.69) is 81.5 Å². The van der Waals surface area contributed by atoms with Gasteiger partial charge in [0.2, 0.25) is 0 Å². The van der Waals surface area contributed by atoms with Crippen molar-refractivity contribution in [1.29, 1.82) is 0 Å². The van der Waals surface area contributed by atoms with Gasteiger partial charge in [0.25, 0.3) is 0 Å². The molecule has 6 heteroatoms. The van der Waals surface area contributed by atoms with Crippen LogP contribution in [0.1, 0.15) is 361 Å². The topological polar surface area (TPSA) is 78.9 Å². The number of esters is 3. The van der Waals surface area contributed by atoms with E-state index in [9.17, 15) is 14.4 Å². The number of unbranched alkanes of at least 4 members (excludes halogenated alkanes) is 42. The Bertz CT molecular complexity index is 1390. The number of ether oxygens (including phenoxy) is 3. The zero-order chi connectivity index (χ0) is 56.4. The first-order chi connectivity index (χ1) is 38.5. The van der Waals surface area contributed by atoms with Crippen LogP contribution >= 0.6 is 0 Å². The standard InChI is InChI=1S/C72H130O6/c1-4-7-10-13-16-19-22-25-28-30-31-32-33-34-35-36-37-38-39-40-41-42-45-47-50-53-56-59-62-65-71(74)77-68-69(67-76-70(73)64-61-58-55-52-49-46-43-27-24-21-18-15-12-9-6-3)78-72(75)66-63-60-57-54-51-48-44-29-26-23-20-17-14-11-8-5-2/h18,21-22,25,27,29-31,43-44,69H,4-17,19-20,23-24,26,28,32-42,45-68H2,1-3H3/b21-18-,25-22-,31-30-,43-27-,44-29-. The van der Waals surface area contributed by atoms with E-state index in [1.165, 1.54) is 225 Å². The highest BCUT2D eigenvalue weighted by Crippen LogP contribution is 2.17. The van der Waals surface area contributed by atoms with Crippen LogP contribution in [0.5, 0.6) is 0 Å². The molecular weight excluding hydrogens is 961 g/mol. The molecule has 0 bridgehead atoms. The Morgan fingerprint density at radius 3 is 0.744 bits per heavy atom. The van der Waals surface area contributed by atoms with E-state index in [0.29, 0.717) is 19.3 Å². The van der Waals surface area contributed by atoms with Crippen molar-refractivity contribution in [2.45, 2.75) is 367 Å². The van der Waals surface area contributed by atoms with E-state index < -0.39 is 6.10 Å². The van der Waals surface area contributed by atoms with Crippen LogP contribution in [0.2, 0.25) is 0 Å². The van der Waals surface area contributed by atoms with Crippen molar-refractivity contribution >= 4 is 17.9 Å².